The van der Waals surface area contributed by atoms with Crippen LogP contribution in [0.15, 0.2) is 40.1 Å². The highest BCUT2D eigenvalue weighted by Gasteiger charge is 2.23. The van der Waals surface area contributed by atoms with E-state index >= 15 is 0 Å². The second kappa shape index (κ2) is 6.58. The number of hydrogen-bond acceptors (Lipinski definition) is 5. The molecule has 0 radical (unpaired) electrons. The molecule has 0 aliphatic heterocycles. The fraction of sp³-hybridized carbons (Fsp3) is 0. The van der Waals surface area contributed by atoms with E-state index in [1.807, 2.05) is 0 Å². The quantitative estimate of drug-likeness (QED) is 0.686. The summed E-state index contributed by atoms with van der Waals surface area (Å²) in [5.41, 5.74) is -0.125. The van der Waals surface area contributed by atoms with Crippen LogP contribution in [-0.4, -0.2) is 21.9 Å². The average Bonchev–Trinajstić information content (AvgIpc) is 2.43. The summed E-state index contributed by atoms with van der Waals surface area (Å²) < 4.78 is 49.3. The third-order valence-electron chi connectivity index (χ3n) is 2.80. The van der Waals surface area contributed by atoms with Crippen molar-refractivity contribution >= 4 is 60.5 Å². The van der Waals surface area contributed by atoms with Gasteiger partial charge >= 0.3 is 0 Å². The zero-order valence-electron chi connectivity index (χ0n) is 11.5. The maximum absolute atomic E-state index is 12.4. The van der Waals surface area contributed by atoms with Gasteiger partial charge in [-0.25, -0.2) is 22.0 Å². The highest BCUT2D eigenvalue weighted by atomic mass is 35.5. The molecular formula is C12H9Cl3N2O5S2. The maximum atomic E-state index is 12.4. The SMILES string of the molecule is NS(=O)(=O)c1ccc(NS(=O)(=O)c2cc(Cl)cc(Cl)c2O)c(Cl)c1. The number of aromatic hydroxyl groups is 1. The highest BCUT2D eigenvalue weighted by Crippen LogP contribution is 2.36. The maximum Gasteiger partial charge on any atom is 0.265 e. The third-order valence-corrected chi connectivity index (χ3v) is 5.91. The number of rotatable bonds is 4. The van der Waals surface area contributed by atoms with Crippen LogP contribution in [0.4, 0.5) is 5.69 Å². The minimum Gasteiger partial charge on any atom is -0.505 e. The molecule has 0 fully saturated rings. The molecule has 7 nitrogen and oxygen atoms in total. The Labute approximate surface area is 153 Å². The first kappa shape index (κ1) is 19.1. The minimum absolute atomic E-state index is 0.00570. The van der Waals surface area contributed by atoms with E-state index < -0.39 is 30.7 Å². The van der Waals surface area contributed by atoms with Crippen molar-refractivity contribution in [1.29, 1.82) is 0 Å². The van der Waals surface area contributed by atoms with Crippen molar-refractivity contribution in [2.75, 3.05) is 4.72 Å². The van der Waals surface area contributed by atoms with Crippen LogP contribution in [-0.2, 0) is 20.0 Å². The summed E-state index contributed by atoms with van der Waals surface area (Å²) >= 11 is 17.3. The van der Waals surface area contributed by atoms with Crippen LogP contribution in [0.2, 0.25) is 15.1 Å². The molecule has 2 rings (SSSR count). The van der Waals surface area contributed by atoms with Gasteiger partial charge in [-0.3, -0.25) is 4.72 Å². The van der Waals surface area contributed by atoms with Gasteiger partial charge < -0.3 is 5.11 Å². The Morgan fingerprint density at radius 2 is 1.58 bits per heavy atom. The van der Waals surface area contributed by atoms with Crippen LogP contribution >= 0.6 is 34.8 Å². The summed E-state index contributed by atoms with van der Waals surface area (Å²) in [4.78, 5) is -0.851. The van der Waals surface area contributed by atoms with Crippen molar-refractivity contribution in [3.63, 3.8) is 0 Å². The van der Waals surface area contributed by atoms with E-state index in [1.165, 1.54) is 6.07 Å². The van der Waals surface area contributed by atoms with Crippen molar-refractivity contribution in [2.24, 2.45) is 5.14 Å². The van der Waals surface area contributed by atoms with E-state index in [2.05, 4.69) is 4.72 Å². The molecule has 0 aliphatic rings. The van der Waals surface area contributed by atoms with Crippen LogP contribution in [0.1, 0.15) is 0 Å². The van der Waals surface area contributed by atoms with Gasteiger partial charge in [-0.1, -0.05) is 34.8 Å². The van der Waals surface area contributed by atoms with Gasteiger partial charge in [0.1, 0.15) is 4.90 Å². The van der Waals surface area contributed by atoms with Crippen molar-refractivity contribution in [2.45, 2.75) is 9.79 Å². The van der Waals surface area contributed by atoms with E-state index in [0.717, 1.165) is 24.3 Å². The van der Waals surface area contributed by atoms with Crippen LogP contribution in [0.5, 0.6) is 5.75 Å². The zero-order chi connectivity index (χ0) is 18.3. The summed E-state index contributed by atoms with van der Waals surface area (Å²) in [6.45, 7) is 0. The summed E-state index contributed by atoms with van der Waals surface area (Å²) in [5, 5.41) is 14.3. The molecule has 0 saturated carbocycles. The number of phenolic OH excluding ortho intramolecular Hbond substituents is 1. The fourth-order valence-corrected chi connectivity index (χ4v) is 4.43. The van der Waals surface area contributed by atoms with Crippen molar-refractivity contribution in [3.05, 3.63) is 45.4 Å². The highest BCUT2D eigenvalue weighted by molar-refractivity contribution is 7.92. The molecule has 0 heterocycles. The Hall–Kier alpha value is -1.23. The minimum atomic E-state index is -4.29. The standard InChI is InChI=1S/C12H9Cl3N2O5S2/c13-6-3-9(15)12(18)11(4-6)24(21,22)17-10-2-1-7(5-8(10)14)23(16,19)20/h1-5,17-18H,(H2,16,19,20). The predicted octanol–water partition coefficient (Wildman–Crippen LogP) is 2.80. The number of phenols is 1. The monoisotopic (exact) mass is 430 g/mol. The van der Waals surface area contributed by atoms with Crippen LogP contribution < -0.4 is 9.86 Å². The predicted molar refractivity (Wildman–Crippen MR) is 91.8 cm³/mol. The van der Waals surface area contributed by atoms with Gasteiger partial charge in [0.25, 0.3) is 10.0 Å². The topological polar surface area (TPSA) is 127 Å². The number of sulfonamides is 2. The molecule has 4 N–H and O–H groups in total. The Balaban J connectivity index is 2.48. The number of nitrogens with one attached hydrogen (secondary N) is 1. The molecule has 0 saturated heterocycles. The molecule has 0 atom stereocenters. The Morgan fingerprint density at radius 3 is 2.12 bits per heavy atom. The van der Waals surface area contributed by atoms with E-state index in [1.54, 1.807) is 0 Å². The van der Waals surface area contributed by atoms with E-state index in [0.29, 0.717) is 0 Å². The summed E-state index contributed by atoms with van der Waals surface area (Å²) in [7, 11) is -8.29. The molecule has 2 aromatic carbocycles. The molecule has 0 aliphatic carbocycles. The molecule has 0 bridgehead atoms. The summed E-state index contributed by atoms with van der Waals surface area (Å²) in [6, 6.07) is 5.34. The van der Waals surface area contributed by atoms with E-state index in [4.69, 9.17) is 39.9 Å². The van der Waals surface area contributed by atoms with E-state index in [9.17, 15) is 21.9 Å². The van der Waals surface area contributed by atoms with Gasteiger partial charge in [0.15, 0.2) is 5.75 Å². The van der Waals surface area contributed by atoms with E-state index in [-0.39, 0.29) is 25.7 Å². The van der Waals surface area contributed by atoms with Crippen molar-refractivity contribution in [3.8, 4) is 5.75 Å². The molecule has 0 aromatic heterocycles. The Bertz CT molecular complexity index is 1020. The fourth-order valence-electron chi connectivity index (χ4n) is 1.70. The molecule has 130 valence electrons. The van der Waals surface area contributed by atoms with Crippen LogP contribution in [0, 0.1) is 0 Å². The molecule has 24 heavy (non-hydrogen) atoms. The van der Waals surface area contributed by atoms with Gasteiger partial charge in [-0.05, 0) is 30.3 Å². The zero-order valence-corrected chi connectivity index (χ0v) is 15.4. The molecule has 0 amide bonds. The van der Waals surface area contributed by atoms with Gasteiger partial charge in [-0.15, -0.1) is 0 Å². The number of benzene rings is 2. The number of primary sulfonamides is 1. The summed E-state index contributed by atoms with van der Waals surface area (Å²) in [6.07, 6.45) is 0. The Morgan fingerprint density at radius 1 is 0.958 bits per heavy atom. The molecule has 2 aromatic rings. The lowest BCUT2D eigenvalue weighted by Gasteiger charge is -2.12. The molecule has 0 spiro atoms. The number of halogens is 3. The van der Waals surface area contributed by atoms with Crippen LogP contribution in [0.3, 0.4) is 0 Å². The van der Waals surface area contributed by atoms with Gasteiger partial charge in [0, 0.05) is 5.02 Å². The third kappa shape index (κ3) is 4.05. The lowest BCUT2D eigenvalue weighted by Crippen LogP contribution is -2.15. The largest absolute Gasteiger partial charge is 0.505 e. The lowest BCUT2D eigenvalue weighted by atomic mass is 10.3. The first-order valence-electron chi connectivity index (χ1n) is 5.95. The van der Waals surface area contributed by atoms with Gasteiger partial charge in [0.05, 0.1) is 20.6 Å². The van der Waals surface area contributed by atoms with Crippen molar-refractivity contribution in [1.82, 2.24) is 0 Å². The number of nitrogens with two attached hydrogens (primary N) is 1. The van der Waals surface area contributed by atoms with Crippen LogP contribution in [0.25, 0.3) is 0 Å². The normalized spacial score (nSPS) is 12.2. The second-order valence-corrected chi connectivity index (χ2v) is 8.99. The first-order valence-corrected chi connectivity index (χ1v) is 10.1. The first-order chi connectivity index (χ1) is 10.9. The Kier molecular flexibility index (Phi) is 5.24. The molecule has 12 heteroatoms. The lowest BCUT2D eigenvalue weighted by molar-refractivity contribution is 0.459. The van der Waals surface area contributed by atoms with Gasteiger partial charge in [0.2, 0.25) is 10.0 Å². The molecular weight excluding hydrogens is 423 g/mol. The number of anilines is 1. The second-order valence-electron chi connectivity index (χ2n) is 4.53. The number of hydrogen-bond donors (Lipinski definition) is 3. The van der Waals surface area contributed by atoms with Crippen molar-refractivity contribution < 1.29 is 21.9 Å². The van der Waals surface area contributed by atoms with Gasteiger partial charge in [-0.2, -0.15) is 0 Å². The smallest absolute Gasteiger partial charge is 0.265 e. The average molecular weight is 432 g/mol. The molecule has 0 unspecified atom stereocenters. The summed E-state index contributed by atoms with van der Waals surface area (Å²) in [5.74, 6) is -0.689.